The molecule has 0 spiro atoms. The number of carbonyl (C=O) groups is 1. The Hall–Kier alpha value is -3.67. The maximum Gasteiger partial charge on any atom is 0.288 e. The molecule has 3 rings (SSSR count). The predicted octanol–water partition coefficient (Wildman–Crippen LogP) is 4.31. The Kier molecular flexibility index (Phi) is 6.80. The van der Waals surface area contributed by atoms with Crippen LogP contribution in [0.5, 0.6) is 0 Å². The fraction of sp³-hybridized carbons (Fsp3) is 0.208. The van der Waals surface area contributed by atoms with E-state index in [4.69, 9.17) is 5.73 Å². The molecule has 0 fully saturated rings. The normalized spacial score (nSPS) is 11.5. The molecule has 5 N–H and O–H groups in total. The van der Waals surface area contributed by atoms with E-state index in [1.165, 1.54) is 0 Å². The first-order chi connectivity index (χ1) is 14.4. The number of benzene rings is 2. The van der Waals surface area contributed by atoms with Gasteiger partial charge in [0.15, 0.2) is 0 Å². The van der Waals surface area contributed by atoms with E-state index in [9.17, 15) is 4.79 Å². The van der Waals surface area contributed by atoms with Gasteiger partial charge in [-0.1, -0.05) is 37.8 Å². The molecule has 0 aliphatic rings. The number of anilines is 2. The summed E-state index contributed by atoms with van der Waals surface area (Å²) in [4.78, 5) is 16.0. The molecule has 0 aliphatic carbocycles. The summed E-state index contributed by atoms with van der Waals surface area (Å²) in [5.74, 6) is -0.112. The largest absolute Gasteiger partial charge is 0.399 e. The van der Waals surface area contributed by atoms with Gasteiger partial charge in [0, 0.05) is 30.0 Å². The summed E-state index contributed by atoms with van der Waals surface area (Å²) in [5, 5.41) is 4.98. The van der Waals surface area contributed by atoms with Gasteiger partial charge in [0.1, 0.15) is 5.69 Å². The number of aromatic amines is 1. The lowest BCUT2D eigenvalue weighted by molar-refractivity contribution is 0.0774. The maximum atomic E-state index is 13.0. The number of H-pyrrole nitrogens is 1. The minimum atomic E-state index is -0.128. The zero-order chi connectivity index (χ0) is 21.5. The van der Waals surface area contributed by atoms with Crippen LogP contribution in [-0.2, 0) is 6.54 Å². The van der Waals surface area contributed by atoms with Gasteiger partial charge in [0.25, 0.3) is 5.91 Å². The number of hydrogen-bond acceptors (Lipinski definition) is 4. The van der Waals surface area contributed by atoms with E-state index in [0.29, 0.717) is 18.8 Å². The van der Waals surface area contributed by atoms with Gasteiger partial charge >= 0.3 is 0 Å². The molecule has 3 aromatic rings. The van der Waals surface area contributed by atoms with Crippen LogP contribution in [0.15, 0.2) is 79.1 Å². The Morgan fingerprint density at radius 2 is 1.97 bits per heavy atom. The van der Waals surface area contributed by atoms with E-state index in [1.807, 2.05) is 68.4 Å². The molecule has 0 radical (unpaired) electrons. The second kappa shape index (κ2) is 9.69. The van der Waals surface area contributed by atoms with Gasteiger partial charge in [-0.3, -0.25) is 15.2 Å². The van der Waals surface area contributed by atoms with Gasteiger partial charge in [-0.25, -0.2) is 0 Å². The van der Waals surface area contributed by atoms with E-state index >= 15 is 0 Å². The molecule has 1 unspecified atom stereocenters. The number of hydrogen-bond donors (Lipinski definition) is 4. The zero-order valence-corrected chi connectivity index (χ0v) is 17.5. The van der Waals surface area contributed by atoms with Crippen LogP contribution in [0.2, 0.25) is 0 Å². The number of rotatable bonds is 9. The third kappa shape index (κ3) is 5.67. The fourth-order valence-electron chi connectivity index (χ4n) is 3.14. The van der Waals surface area contributed by atoms with Crippen LogP contribution in [-0.4, -0.2) is 22.4 Å². The Morgan fingerprint density at radius 1 is 1.17 bits per heavy atom. The molecule has 156 valence electrons. The smallest absolute Gasteiger partial charge is 0.288 e. The van der Waals surface area contributed by atoms with Crippen molar-refractivity contribution in [3.8, 4) is 0 Å². The number of aryl methyl sites for hydroxylation is 1. The van der Waals surface area contributed by atoms with Gasteiger partial charge < -0.3 is 16.0 Å². The van der Waals surface area contributed by atoms with E-state index in [1.54, 1.807) is 17.3 Å². The molecule has 1 atom stereocenters. The van der Waals surface area contributed by atoms with Crippen LogP contribution in [0.4, 0.5) is 11.4 Å². The summed E-state index contributed by atoms with van der Waals surface area (Å²) in [7, 11) is 0. The molecule has 0 saturated heterocycles. The molecular formula is C24H29N5O. The summed E-state index contributed by atoms with van der Waals surface area (Å²) < 4.78 is 0. The van der Waals surface area contributed by atoms with Crippen molar-refractivity contribution in [3.05, 3.63) is 96.0 Å². The maximum absolute atomic E-state index is 13.0. The Balaban J connectivity index is 1.67. The number of amides is 1. The molecule has 1 heterocycles. The van der Waals surface area contributed by atoms with Crippen LogP contribution in [0.25, 0.3) is 0 Å². The highest BCUT2D eigenvalue weighted by Crippen LogP contribution is 2.16. The molecule has 1 aromatic heterocycles. The Bertz CT molecular complexity index is 996. The Morgan fingerprint density at radius 3 is 2.67 bits per heavy atom. The summed E-state index contributed by atoms with van der Waals surface area (Å²) in [6, 6.07) is 19.3. The first kappa shape index (κ1) is 21.0. The minimum absolute atomic E-state index is 0.0160. The lowest BCUT2D eigenvalue weighted by Gasteiger charge is -2.28. The van der Waals surface area contributed by atoms with Crippen molar-refractivity contribution in [2.45, 2.75) is 20.4 Å². The highest BCUT2D eigenvalue weighted by molar-refractivity contribution is 5.93. The predicted molar refractivity (Wildman–Crippen MR) is 123 cm³/mol. The van der Waals surface area contributed by atoms with Crippen LogP contribution in [0.3, 0.4) is 0 Å². The summed E-state index contributed by atoms with van der Waals surface area (Å²) in [5.41, 5.74) is 14.3. The molecule has 0 aliphatic heterocycles. The third-order valence-corrected chi connectivity index (χ3v) is 4.88. The Labute approximate surface area is 177 Å². The van der Waals surface area contributed by atoms with Gasteiger partial charge in [0.05, 0.1) is 12.2 Å². The number of nitrogen functional groups attached to an aromatic ring is 1. The van der Waals surface area contributed by atoms with Crippen molar-refractivity contribution in [2.75, 3.05) is 17.7 Å². The van der Waals surface area contributed by atoms with Crippen LogP contribution < -0.4 is 16.5 Å². The minimum Gasteiger partial charge on any atom is -0.399 e. The summed E-state index contributed by atoms with van der Waals surface area (Å²) in [6.45, 7) is 9.32. The summed E-state index contributed by atoms with van der Waals surface area (Å²) in [6.07, 6.45) is 1.74. The van der Waals surface area contributed by atoms with E-state index in [0.717, 1.165) is 28.2 Å². The molecule has 1 amide bonds. The topological polar surface area (TPSA) is 86.2 Å². The molecule has 6 nitrogen and oxygen atoms in total. The quantitative estimate of drug-likeness (QED) is 0.317. The second-order valence-corrected chi connectivity index (χ2v) is 7.51. The first-order valence-electron chi connectivity index (χ1n) is 9.98. The average Bonchev–Trinajstić information content (AvgIpc) is 3.26. The monoisotopic (exact) mass is 403 g/mol. The molecule has 0 bridgehead atoms. The van der Waals surface area contributed by atoms with E-state index in [-0.39, 0.29) is 11.8 Å². The second-order valence-electron chi connectivity index (χ2n) is 7.51. The molecule has 30 heavy (non-hydrogen) atoms. The number of hydrazine groups is 1. The van der Waals surface area contributed by atoms with Crippen molar-refractivity contribution in [2.24, 2.45) is 5.92 Å². The van der Waals surface area contributed by atoms with Crippen molar-refractivity contribution >= 4 is 17.3 Å². The number of nitrogens with one attached hydrogen (secondary N) is 3. The summed E-state index contributed by atoms with van der Waals surface area (Å²) >= 11 is 0. The lowest BCUT2D eigenvalue weighted by Crippen LogP contribution is -2.41. The molecule has 0 saturated carbocycles. The number of nitrogens with two attached hydrogens (primary N) is 1. The molecule has 6 heteroatoms. The molecule has 2 aromatic carbocycles. The van der Waals surface area contributed by atoms with Gasteiger partial charge in [-0.05, 0) is 54.4 Å². The third-order valence-electron chi connectivity index (χ3n) is 4.88. The number of aromatic nitrogens is 1. The fourth-order valence-corrected chi connectivity index (χ4v) is 3.14. The van der Waals surface area contributed by atoms with Crippen molar-refractivity contribution in [3.63, 3.8) is 0 Å². The number of nitrogens with zero attached hydrogens (tertiary/aromatic N) is 1. The van der Waals surface area contributed by atoms with Crippen LogP contribution >= 0.6 is 0 Å². The standard InChI is InChI=1S/C24H29N5O/c1-17-7-4-10-22(13-17)28-29(24(30)23-11-6-12-26-23)16-18(2)19(3)27-15-20-8-5-9-21(25)14-20/h4-14,18,26-28H,3,15-16,25H2,1-2H3. The first-order valence-corrected chi connectivity index (χ1v) is 9.98. The highest BCUT2D eigenvalue weighted by Gasteiger charge is 2.21. The van der Waals surface area contributed by atoms with Gasteiger partial charge in [-0.15, -0.1) is 0 Å². The van der Waals surface area contributed by atoms with Gasteiger partial charge in [0.2, 0.25) is 0 Å². The van der Waals surface area contributed by atoms with Crippen molar-refractivity contribution in [1.29, 1.82) is 0 Å². The van der Waals surface area contributed by atoms with Gasteiger partial charge in [-0.2, -0.15) is 0 Å². The average molecular weight is 404 g/mol. The van der Waals surface area contributed by atoms with Crippen molar-refractivity contribution < 1.29 is 4.79 Å². The SMILES string of the molecule is C=C(NCc1cccc(N)c1)C(C)CN(Nc1cccc(C)c1)C(=O)c1ccc[nH]1. The van der Waals surface area contributed by atoms with Crippen molar-refractivity contribution in [1.82, 2.24) is 15.3 Å². The highest BCUT2D eigenvalue weighted by atomic mass is 16.2. The molecular weight excluding hydrogens is 374 g/mol. The van der Waals surface area contributed by atoms with Crippen LogP contribution in [0, 0.1) is 12.8 Å². The van der Waals surface area contributed by atoms with Crippen LogP contribution in [0.1, 0.15) is 28.5 Å². The number of carbonyl (C=O) groups excluding carboxylic acids is 1. The van der Waals surface area contributed by atoms with E-state index in [2.05, 4.69) is 22.3 Å². The van der Waals surface area contributed by atoms with E-state index < -0.39 is 0 Å². The lowest BCUT2D eigenvalue weighted by atomic mass is 10.1. The zero-order valence-electron chi connectivity index (χ0n) is 17.5.